The smallest absolute Gasteiger partial charge is 0.222 e. The van der Waals surface area contributed by atoms with Gasteiger partial charge in [-0.2, -0.15) is 0 Å². The highest BCUT2D eigenvalue weighted by Crippen LogP contribution is 2.17. The monoisotopic (exact) mass is 348 g/mol. The number of likely N-dealkylation sites (tertiary alicyclic amines) is 1. The van der Waals surface area contributed by atoms with E-state index in [0.717, 1.165) is 37.9 Å². The molecule has 2 N–H and O–H groups in total. The lowest BCUT2D eigenvalue weighted by Crippen LogP contribution is -2.41. The lowest BCUT2D eigenvalue weighted by Gasteiger charge is -2.27. The lowest BCUT2D eigenvalue weighted by molar-refractivity contribution is -0.129. The second kappa shape index (κ2) is 9.39. The maximum absolute atomic E-state index is 13.3. The fourth-order valence-corrected chi connectivity index (χ4v) is 3.22. The van der Waals surface area contributed by atoms with Crippen molar-refractivity contribution in [2.75, 3.05) is 20.1 Å². The van der Waals surface area contributed by atoms with Gasteiger partial charge in [0.1, 0.15) is 5.82 Å². The Morgan fingerprint density at radius 2 is 2.20 bits per heavy atom. The van der Waals surface area contributed by atoms with E-state index in [0.29, 0.717) is 30.5 Å². The molecule has 0 spiro atoms. The number of carbonyl (C=O) groups excluding carboxylic acids is 1. The summed E-state index contributed by atoms with van der Waals surface area (Å²) in [6, 6.07) is 5.39. The van der Waals surface area contributed by atoms with Gasteiger partial charge in [0.05, 0.1) is 0 Å². The highest BCUT2D eigenvalue weighted by Gasteiger charge is 2.26. The number of rotatable bonds is 7. The zero-order chi connectivity index (χ0) is 18.2. The van der Waals surface area contributed by atoms with E-state index in [1.165, 1.54) is 6.07 Å². The standard InChI is InChI=1S/C19H29FN4O/c1-4-16(24-11-5-6-18(24)25)9-10-22-19(21-3)23-13-15-7-8-17(20)14(2)12-15/h7-8,12,16H,4-6,9-11,13H2,1-3H3,(H2,21,22,23). The Kier molecular flexibility index (Phi) is 7.22. The van der Waals surface area contributed by atoms with Crippen molar-refractivity contribution in [1.29, 1.82) is 0 Å². The summed E-state index contributed by atoms with van der Waals surface area (Å²) in [5.41, 5.74) is 1.65. The number of halogens is 1. The highest BCUT2D eigenvalue weighted by molar-refractivity contribution is 5.79. The van der Waals surface area contributed by atoms with E-state index in [9.17, 15) is 9.18 Å². The third-order valence-corrected chi connectivity index (χ3v) is 4.70. The number of carbonyl (C=O) groups is 1. The van der Waals surface area contributed by atoms with Crippen LogP contribution < -0.4 is 10.6 Å². The first kappa shape index (κ1) is 19.2. The largest absolute Gasteiger partial charge is 0.356 e. The summed E-state index contributed by atoms with van der Waals surface area (Å²) < 4.78 is 13.3. The van der Waals surface area contributed by atoms with Gasteiger partial charge in [0.15, 0.2) is 5.96 Å². The van der Waals surface area contributed by atoms with Crippen molar-refractivity contribution < 1.29 is 9.18 Å². The number of benzene rings is 1. The van der Waals surface area contributed by atoms with Crippen molar-refractivity contribution in [1.82, 2.24) is 15.5 Å². The van der Waals surface area contributed by atoms with E-state index in [-0.39, 0.29) is 11.7 Å². The molecule has 5 nitrogen and oxygen atoms in total. The summed E-state index contributed by atoms with van der Waals surface area (Å²) in [5.74, 6) is 0.805. The molecular weight excluding hydrogens is 319 g/mol. The van der Waals surface area contributed by atoms with Gasteiger partial charge in [0, 0.05) is 39.1 Å². The minimum absolute atomic E-state index is 0.187. The molecule has 1 saturated heterocycles. The predicted octanol–water partition coefficient (Wildman–Crippen LogP) is 2.59. The summed E-state index contributed by atoms with van der Waals surface area (Å²) in [6.45, 7) is 6.11. The van der Waals surface area contributed by atoms with Crippen molar-refractivity contribution in [3.8, 4) is 0 Å². The molecular formula is C19H29FN4O. The number of hydrogen-bond acceptors (Lipinski definition) is 2. The lowest BCUT2D eigenvalue weighted by atomic mass is 10.1. The topological polar surface area (TPSA) is 56.7 Å². The molecule has 0 aromatic heterocycles. The molecule has 6 heteroatoms. The van der Waals surface area contributed by atoms with Gasteiger partial charge in [-0.15, -0.1) is 0 Å². The summed E-state index contributed by atoms with van der Waals surface area (Å²) >= 11 is 0. The first-order valence-electron chi connectivity index (χ1n) is 9.04. The molecule has 0 aliphatic carbocycles. The number of aryl methyl sites for hydroxylation is 1. The van der Waals surface area contributed by atoms with Crippen LogP contribution in [0.25, 0.3) is 0 Å². The third kappa shape index (κ3) is 5.44. The first-order valence-corrected chi connectivity index (χ1v) is 9.04. The molecule has 1 aliphatic heterocycles. The number of hydrogen-bond donors (Lipinski definition) is 2. The molecule has 0 saturated carbocycles. The number of nitrogens with one attached hydrogen (secondary N) is 2. The summed E-state index contributed by atoms with van der Waals surface area (Å²) in [5, 5.41) is 6.53. The Balaban J connectivity index is 1.77. The van der Waals surface area contributed by atoms with Crippen LogP contribution in [0.15, 0.2) is 23.2 Å². The van der Waals surface area contributed by atoms with Gasteiger partial charge < -0.3 is 15.5 Å². The van der Waals surface area contributed by atoms with Gasteiger partial charge >= 0.3 is 0 Å². The predicted molar refractivity (Wildman–Crippen MR) is 99.0 cm³/mol. The molecule has 0 bridgehead atoms. The molecule has 1 atom stereocenters. The van der Waals surface area contributed by atoms with E-state index in [1.807, 2.05) is 11.0 Å². The van der Waals surface area contributed by atoms with E-state index in [1.54, 1.807) is 20.0 Å². The Bertz CT molecular complexity index is 617. The fourth-order valence-electron chi connectivity index (χ4n) is 3.22. The van der Waals surface area contributed by atoms with Gasteiger partial charge in [-0.1, -0.05) is 19.1 Å². The van der Waals surface area contributed by atoms with E-state index in [2.05, 4.69) is 22.5 Å². The van der Waals surface area contributed by atoms with Crippen LogP contribution in [0.1, 0.15) is 43.7 Å². The molecule has 1 unspecified atom stereocenters. The van der Waals surface area contributed by atoms with Crippen molar-refractivity contribution in [2.45, 2.75) is 52.1 Å². The normalized spacial score (nSPS) is 16.2. The van der Waals surface area contributed by atoms with E-state index >= 15 is 0 Å². The number of nitrogens with zero attached hydrogens (tertiary/aromatic N) is 2. The third-order valence-electron chi connectivity index (χ3n) is 4.70. The van der Waals surface area contributed by atoms with Crippen LogP contribution in [-0.4, -0.2) is 42.9 Å². The molecule has 1 amide bonds. The first-order chi connectivity index (χ1) is 12.0. The number of amides is 1. The Morgan fingerprint density at radius 1 is 1.40 bits per heavy atom. The van der Waals surface area contributed by atoms with Crippen LogP contribution in [0.2, 0.25) is 0 Å². The van der Waals surface area contributed by atoms with Crippen LogP contribution in [0.4, 0.5) is 4.39 Å². The van der Waals surface area contributed by atoms with Gasteiger partial charge in [-0.05, 0) is 43.4 Å². The van der Waals surface area contributed by atoms with Gasteiger partial charge in [-0.25, -0.2) is 4.39 Å². The maximum atomic E-state index is 13.3. The summed E-state index contributed by atoms with van der Waals surface area (Å²) in [6.07, 6.45) is 3.53. The molecule has 1 fully saturated rings. The van der Waals surface area contributed by atoms with Crippen molar-refractivity contribution >= 4 is 11.9 Å². The molecule has 1 aromatic carbocycles. The second-order valence-corrected chi connectivity index (χ2v) is 6.48. The van der Waals surface area contributed by atoms with Crippen LogP contribution in [-0.2, 0) is 11.3 Å². The Hall–Kier alpha value is -2.11. The van der Waals surface area contributed by atoms with Crippen molar-refractivity contribution in [2.24, 2.45) is 4.99 Å². The van der Waals surface area contributed by atoms with Gasteiger partial charge in [-0.3, -0.25) is 9.79 Å². The quantitative estimate of drug-likeness (QED) is 0.588. The van der Waals surface area contributed by atoms with Crippen LogP contribution in [0.3, 0.4) is 0 Å². The van der Waals surface area contributed by atoms with Crippen LogP contribution in [0, 0.1) is 12.7 Å². The van der Waals surface area contributed by atoms with Crippen LogP contribution >= 0.6 is 0 Å². The highest BCUT2D eigenvalue weighted by atomic mass is 19.1. The fraction of sp³-hybridized carbons (Fsp3) is 0.579. The Morgan fingerprint density at radius 3 is 2.80 bits per heavy atom. The second-order valence-electron chi connectivity index (χ2n) is 6.48. The van der Waals surface area contributed by atoms with Gasteiger partial charge in [0.25, 0.3) is 0 Å². The average Bonchev–Trinajstić information content (AvgIpc) is 3.03. The molecule has 25 heavy (non-hydrogen) atoms. The maximum Gasteiger partial charge on any atom is 0.222 e. The van der Waals surface area contributed by atoms with E-state index in [4.69, 9.17) is 0 Å². The Labute approximate surface area is 149 Å². The zero-order valence-corrected chi connectivity index (χ0v) is 15.4. The van der Waals surface area contributed by atoms with Crippen molar-refractivity contribution in [3.05, 3.63) is 35.1 Å². The molecule has 1 heterocycles. The zero-order valence-electron chi connectivity index (χ0n) is 15.4. The minimum Gasteiger partial charge on any atom is -0.356 e. The van der Waals surface area contributed by atoms with Crippen LogP contribution in [0.5, 0.6) is 0 Å². The molecule has 1 aliphatic rings. The number of guanidine groups is 1. The molecule has 138 valence electrons. The summed E-state index contributed by atoms with van der Waals surface area (Å²) in [7, 11) is 1.73. The minimum atomic E-state index is -0.187. The molecule has 2 rings (SSSR count). The number of aliphatic imine (C=N–C) groups is 1. The molecule has 1 aromatic rings. The van der Waals surface area contributed by atoms with Crippen molar-refractivity contribution in [3.63, 3.8) is 0 Å². The van der Waals surface area contributed by atoms with E-state index < -0.39 is 0 Å². The van der Waals surface area contributed by atoms with Gasteiger partial charge in [0.2, 0.25) is 5.91 Å². The summed E-state index contributed by atoms with van der Waals surface area (Å²) in [4.78, 5) is 18.1. The molecule has 0 radical (unpaired) electrons. The SMILES string of the molecule is CCC(CCNC(=NC)NCc1ccc(F)c(C)c1)N1CCCC1=O. The average molecular weight is 348 g/mol.